The Hall–Kier alpha value is -1.80. The molecule has 108 valence electrons. The number of hydrogen-bond acceptors (Lipinski definition) is 2. The molecule has 1 aromatic rings. The molecule has 0 aliphatic heterocycles. The van der Waals surface area contributed by atoms with Crippen molar-refractivity contribution in [2.75, 3.05) is 0 Å². The lowest BCUT2D eigenvalue weighted by atomic mass is 9.79. The molecule has 0 spiro atoms. The third kappa shape index (κ3) is 4.10. The molecule has 0 bridgehead atoms. The Balaban J connectivity index is 0.00000172. The molecular formula is C18H26N2. The lowest BCUT2D eigenvalue weighted by Gasteiger charge is -2.22. The van der Waals surface area contributed by atoms with Gasteiger partial charge in [-0.15, -0.1) is 0 Å². The first-order valence-corrected chi connectivity index (χ1v) is 7.24. The fraction of sp³-hybridized carbons (Fsp3) is 0.556. The Morgan fingerprint density at radius 1 is 0.850 bits per heavy atom. The number of benzene rings is 1. The van der Waals surface area contributed by atoms with Gasteiger partial charge >= 0.3 is 0 Å². The molecule has 1 aromatic carbocycles. The molecule has 2 heteroatoms. The number of rotatable bonds is 3. The van der Waals surface area contributed by atoms with Crippen molar-refractivity contribution in [2.45, 2.75) is 65.7 Å². The number of nitrogens with zero attached hydrogens (tertiary/aromatic N) is 2. The first-order chi connectivity index (χ1) is 9.26. The Kier molecular flexibility index (Phi) is 6.47. The van der Waals surface area contributed by atoms with Crippen molar-refractivity contribution in [1.82, 2.24) is 0 Å². The van der Waals surface area contributed by atoms with E-state index in [0.717, 1.165) is 17.5 Å². The highest BCUT2D eigenvalue weighted by Crippen LogP contribution is 2.30. The van der Waals surface area contributed by atoms with Crippen LogP contribution in [-0.2, 0) is 17.3 Å². The van der Waals surface area contributed by atoms with Gasteiger partial charge in [-0.05, 0) is 50.8 Å². The number of hydrogen-bond donors (Lipinski definition) is 0. The summed E-state index contributed by atoms with van der Waals surface area (Å²) in [6.45, 7) is 13.7. The molecule has 0 unspecified atom stereocenters. The Bertz CT molecular complexity index is 481. The van der Waals surface area contributed by atoms with Gasteiger partial charge < -0.3 is 0 Å². The predicted molar refractivity (Wildman–Crippen MR) is 84.4 cm³/mol. The van der Waals surface area contributed by atoms with E-state index in [1.165, 1.54) is 5.56 Å². The van der Waals surface area contributed by atoms with Crippen molar-refractivity contribution in [2.24, 2.45) is 0 Å². The maximum atomic E-state index is 9.25. The monoisotopic (exact) mass is 270 g/mol. The molecule has 0 fully saturated rings. The van der Waals surface area contributed by atoms with E-state index >= 15 is 0 Å². The fourth-order valence-electron chi connectivity index (χ4n) is 1.75. The van der Waals surface area contributed by atoms with E-state index in [1.807, 2.05) is 47.6 Å². The number of aryl methyl sites for hydroxylation is 1. The van der Waals surface area contributed by atoms with Gasteiger partial charge in [0, 0.05) is 0 Å². The normalized spacial score (nSPS) is 10.8. The van der Waals surface area contributed by atoms with Gasteiger partial charge in [0.15, 0.2) is 0 Å². The molecule has 0 atom stereocenters. The lowest BCUT2D eigenvalue weighted by Crippen LogP contribution is -2.19. The Labute approximate surface area is 124 Å². The summed E-state index contributed by atoms with van der Waals surface area (Å²) in [5, 5.41) is 18.5. The molecule has 0 heterocycles. The minimum Gasteiger partial charge on any atom is -0.197 e. The van der Waals surface area contributed by atoms with Gasteiger partial charge in [0.05, 0.1) is 23.0 Å². The standard InChI is InChI=1S/C16H20N2.C2H6/c1-6-12-7-13(15(2,3)10-17)9-14(8-12)16(4,5)11-18;1-2/h7-9H,6H2,1-5H3;1-2H3. The SMILES string of the molecule is CC.CCc1cc(C(C)(C)C#N)cc(C(C)(C)C#N)c1. The van der Waals surface area contributed by atoms with Crippen molar-refractivity contribution < 1.29 is 0 Å². The van der Waals surface area contributed by atoms with E-state index in [2.05, 4.69) is 31.2 Å². The van der Waals surface area contributed by atoms with Gasteiger partial charge in [0.1, 0.15) is 0 Å². The average molecular weight is 270 g/mol. The highest BCUT2D eigenvalue weighted by atomic mass is 14.4. The van der Waals surface area contributed by atoms with E-state index in [0.29, 0.717) is 0 Å². The zero-order valence-corrected chi connectivity index (χ0v) is 13.8. The van der Waals surface area contributed by atoms with Crippen molar-refractivity contribution in [3.8, 4) is 12.1 Å². The minimum absolute atomic E-state index is 0.522. The maximum absolute atomic E-state index is 9.25. The van der Waals surface area contributed by atoms with E-state index in [4.69, 9.17) is 0 Å². The zero-order valence-electron chi connectivity index (χ0n) is 13.8. The average Bonchev–Trinajstić information content (AvgIpc) is 2.48. The molecule has 0 amide bonds. The molecule has 1 rings (SSSR count). The third-order valence-corrected chi connectivity index (χ3v) is 3.40. The van der Waals surface area contributed by atoms with Crippen LogP contribution in [0.1, 0.15) is 65.2 Å². The zero-order chi connectivity index (χ0) is 16.0. The van der Waals surface area contributed by atoms with Crippen LogP contribution in [0.2, 0.25) is 0 Å². The van der Waals surface area contributed by atoms with Crippen LogP contribution in [0, 0.1) is 22.7 Å². The van der Waals surface area contributed by atoms with E-state index in [1.54, 1.807) is 0 Å². The van der Waals surface area contributed by atoms with Crippen LogP contribution >= 0.6 is 0 Å². The lowest BCUT2D eigenvalue weighted by molar-refractivity contribution is 0.659. The smallest absolute Gasteiger partial charge is 0.0766 e. The second kappa shape index (κ2) is 7.11. The molecule has 2 nitrogen and oxygen atoms in total. The molecule has 0 radical (unpaired) electrons. The van der Waals surface area contributed by atoms with Crippen molar-refractivity contribution >= 4 is 0 Å². The number of nitriles is 2. The molecule has 20 heavy (non-hydrogen) atoms. The molecule has 0 aromatic heterocycles. The quantitative estimate of drug-likeness (QED) is 0.786. The molecule has 0 aliphatic carbocycles. The van der Waals surface area contributed by atoms with Crippen LogP contribution in [0.5, 0.6) is 0 Å². The first-order valence-electron chi connectivity index (χ1n) is 7.24. The van der Waals surface area contributed by atoms with Crippen LogP contribution < -0.4 is 0 Å². The summed E-state index contributed by atoms with van der Waals surface area (Å²) in [4.78, 5) is 0. The summed E-state index contributed by atoms with van der Waals surface area (Å²) in [6.07, 6.45) is 0.907. The largest absolute Gasteiger partial charge is 0.197 e. The van der Waals surface area contributed by atoms with E-state index in [-0.39, 0.29) is 0 Å². The molecular weight excluding hydrogens is 244 g/mol. The maximum Gasteiger partial charge on any atom is 0.0766 e. The highest BCUT2D eigenvalue weighted by Gasteiger charge is 2.25. The van der Waals surface area contributed by atoms with Gasteiger partial charge in [0.2, 0.25) is 0 Å². The summed E-state index contributed by atoms with van der Waals surface area (Å²) >= 11 is 0. The Morgan fingerprint density at radius 2 is 1.20 bits per heavy atom. The van der Waals surface area contributed by atoms with Crippen LogP contribution in [0.4, 0.5) is 0 Å². The van der Waals surface area contributed by atoms with Crippen LogP contribution in [0.25, 0.3) is 0 Å². The van der Waals surface area contributed by atoms with E-state index < -0.39 is 10.8 Å². The van der Waals surface area contributed by atoms with Gasteiger partial charge in [-0.25, -0.2) is 0 Å². The Morgan fingerprint density at radius 3 is 1.45 bits per heavy atom. The van der Waals surface area contributed by atoms with Gasteiger partial charge in [0.25, 0.3) is 0 Å². The van der Waals surface area contributed by atoms with Gasteiger partial charge in [-0.1, -0.05) is 39.0 Å². The predicted octanol–water partition coefficient (Wildman–Crippen LogP) is 4.88. The van der Waals surface area contributed by atoms with E-state index in [9.17, 15) is 10.5 Å². The molecule has 0 saturated heterocycles. The summed E-state index contributed by atoms with van der Waals surface area (Å²) in [5.41, 5.74) is 2.11. The fourth-order valence-corrected chi connectivity index (χ4v) is 1.75. The van der Waals surface area contributed by atoms with Crippen LogP contribution in [-0.4, -0.2) is 0 Å². The summed E-state index contributed by atoms with van der Waals surface area (Å²) in [5.74, 6) is 0. The second-order valence-electron chi connectivity index (χ2n) is 5.75. The topological polar surface area (TPSA) is 47.6 Å². The summed E-state index contributed by atoms with van der Waals surface area (Å²) < 4.78 is 0. The summed E-state index contributed by atoms with van der Waals surface area (Å²) in [6, 6.07) is 10.8. The molecule has 0 saturated carbocycles. The molecule has 0 N–H and O–H groups in total. The van der Waals surface area contributed by atoms with Crippen molar-refractivity contribution in [3.63, 3.8) is 0 Å². The first kappa shape index (κ1) is 18.2. The molecule has 0 aliphatic rings. The highest BCUT2D eigenvalue weighted by molar-refractivity contribution is 5.42. The third-order valence-electron chi connectivity index (χ3n) is 3.40. The minimum atomic E-state index is -0.522. The van der Waals surface area contributed by atoms with Crippen LogP contribution in [0.15, 0.2) is 18.2 Å². The van der Waals surface area contributed by atoms with Gasteiger partial charge in [-0.3, -0.25) is 0 Å². The second-order valence-corrected chi connectivity index (χ2v) is 5.75. The van der Waals surface area contributed by atoms with Crippen molar-refractivity contribution in [1.29, 1.82) is 10.5 Å². The summed E-state index contributed by atoms with van der Waals surface area (Å²) in [7, 11) is 0. The van der Waals surface area contributed by atoms with Crippen molar-refractivity contribution in [3.05, 3.63) is 34.9 Å². The van der Waals surface area contributed by atoms with Crippen LogP contribution in [0.3, 0.4) is 0 Å². The van der Waals surface area contributed by atoms with Gasteiger partial charge in [-0.2, -0.15) is 10.5 Å².